The topological polar surface area (TPSA) is 38.1 Å². The van der Waals surface area contributed by atoms with Crippen molar-refractivity contribution in [2.45, 2.75) is 56.3 Å². The van der Waals surface area contributed by atoms with Gasteiger partial charge >= 0.3 is 0 Å². The van der Waals surface area contributed by atoms with E-state index in [4.69, 9.17) is 0 Å². The van der Waals surface area contributed by atoms with Gasteiger partial charge < -0.3 is 9.67 Å². The lowest BCUT2D eigenvalue weighted by Crippen LogP contribution is -2.32. The predicted molar refractivity (Wildman–Crippen MR) is 83.3 cm³/mol. The van der Waals surface area contributed by atoms with E-state index in [0.29, 0.717) is 44.1 Å². The Morgan fingerprint density at radius 3 is 2.87 bits per heavy atom. The molecule has 0 bridgehead atoms. The van der Waals surface area contributed by atoms with Crippen LogP contribution in [0, 0.1) is 5.82 Å². The number of rotatable bonds is 3. The van der Waals surface area contributed by atoms with Gasteiger partial charge in [0.2, 0.25) is 0 Å². The number of aliphatic hydroxyl groups is 1. The van der Waals surface area contributed by atoms with Gasteiger partial charge in [0.15, 0.2) is 0 Å². The fourth-order valence-electron chi connectivity index (χ4n) is 4.05. The number of fused-ring (bicyclic) bond motifs is 3. The number of hydrogen-bond acceptors (Lipinski definition) is 2. The summed E-state index contributed by atoms with van der Waals surface area (Å²) in [6.07, 6.45) is 5.94. The van der Waals surface area contributed by atoms with Crippen LogP contribution in [0.3, 0.4) is 0 Å². The molecule has 3 nitrogen and oxygen atoms in total. The van der Waals surface area contributed by atoms with E-state index in [1.165, 1.54) is 6.07 Å². The van der Waals surface area contributed by atoms with Gasteiger partial charge in [0.05, 0.1) is 30.4 Å². The van der Waals surface area contributed by atoms with Crippen molar-refractivity contribution in [2.75, 3.05) is 0 Å². The molecule has 0 spiro atoms. The third kappa shape index (κ3) is 2.47. The fourth-order valence-corrected chi connectivity index (χ4v) is 4.05. The Bertz CT molecular complexity index is 720. The molecule has 4 rings (SSSR count). The smallest absolute Gasteiger partial charge is 0.132 e. The average molecular weight is 318 g/mol. The summed E-state index contributed by atoms with van der Waals surface area (Å²) >= 11 is 0. The molecule has 5 heteroatoms. The van der Waals surface area contributed by atoms with E-state index in [1.807, 2.05) is 10.6 Å². The molecule has 23 heavy (non-hydrogen) atoms. The Hall–Kier alpha value is -1.75. The molecule has 122 valence electrons. The lowest BCUT2D eigenvalue weighted by Gasteiger charge is -2.33. The summed E-state index contributed by atoms with van der Waals surface area (Å²) in [6, 6.07) is 5.03. The van der Waals surface area contributed by atoms with Crippen molar-refractivity contribution in [2.24, 2.45) is 0 Å². The summed E-state index contributed by atoms with van der Waals surface area (Å²) in [4.78, 5) is 4.13. The third-order valence-electron chi connectivity index (χ3n) is 5.38. The average Bonchev–Trinajstić information content (AvgIpc) is 3.10. The normalized spacial score (nSPS) is 29.3. The summed E-state index contributed by atoms with van der Waals surface area (Å²) in [7, 11) is 0. The van der Waals surface area contributed by atoms with Crippen molar-refractivity contribution in [3.05, 3.63) is 42.1 Å². The summed E-state index contributed by atoms with van der Waals surface area (Å²) in [6.45, 7) is 0. The van der Waals surface area contributed by atoms with Crippen molar-refractivity contribution in [3.63, 3.8) is 0 Å². The minimum Gasteiger partial charge on any atom is -0.393 e. The SMILES string of the molecule is OC1CCC(F)(CCC2c3cccc(F)c3-c3cncn32)CC1. The number of halogens is 2. The highest BCUT2D eigenvalue weighted by Gasteiger charge is 2.37. The largest absolute Gasteiger partial charge is 0.393 e. The molecule has 0 saturated heterocycles. The molecule has 2 heterocycles. The summed E-state index contributed by atoms with van der Waals surface area (Å²) in [5.41, 5.74) is 1.08. The van der Waals surface area contributed by atoms with Gasteiger partial charge in [0, 0.05) is 5.56 Å². The van der Waals surface area contributed by atoms with Crippen LogP contribution < -0.4 is 0 Å². The van der Waals surface area contributed by atoms with Gasteiger partial charge in [-0.3, -0.25) is 0 Å². The van der Waals surface area contributed by atoms with E-state index in [-0.39, 0.29) is 18.0 Å². The van der Waals surface area contributed by atoms with Crippen molar-refractivity contribution in [1.29, 1.82) is 0 Å². The van der Waals surface area contributed by atoms with Crippen LogP contribution in [0.4, 0.5) is 8.78 Å². The molecule has 1 aromatic carbocycles. The highest BCUT2D eigenvalue weighted by molar-refractivity contribution is 5.69. The molecule has 0 amide bonds. The lowest BCUT2D eigenvalue weighted by atomic mass is 9.80. The zero-order valence-electron chi connectivity index (χ0n) is 12.9. The number of alkyl halides is 1. The van der Waals surface area contributed by atoms with Crippen LogP contribution in [0.1, 0.15) is 50.1 Å². The standard InChI is InChI=1S/C18H20F2N2O/c19-14-3-1-2-13-15(22-11-21-10-16(22)17(13)14)6-9-18(20)7-4-12(23)5-8-18/h1-3,10-12,15,23H,4-9H2. The van der Waals surface area contributed by atoms with E-state index < -0.39 is 5.67 Å². The molecule has 1 fully saturated rings. The summed E-state index contributed by atoms with van der Waals surface area (Å²) in [5, 5.41) is 9.56. The Balaban J connectivity index is 1.58. The number of nitrogens with zero attached hydrogens (tertiary/aromatic N) is 2. The Morgan fingerprint density at radius 1 is 1.30 bits per heavy atom. The Kier molecular flexibility index (Phi) is 3.48. The first-order chi connectivity index (χ1) is 11.1. The van der Waals surface area contributed by atoms with Crippen LogP contribution in [-0.2, 0) is 0 Å². The van der Waals surface area contributed by atoms with Crippen molar-refractivity contribution >= 4 is 0 Å². The predicted octanol–water partition coefficient (Wildman–Crippen LogP) is 4.02. The molecule has 2 aromatic rings. The zero-order valence-corrected chi connectivity index (χ0v) is 12.9. The molecular formula is C18H20F2N2O. The van der Waals surface area contributed by atoms with Gasteiger partial charge in [-0.25, -0.2) is 13.8 Å². The van der Waals surface area contributed by atoms with E-state index in [9.17, 15) is 13.9 Å². The maximum atomic E-state index is 14.9. The Labute approximate surface area is 134 Å². The van der Waals surface area contributed by atoms with E-state index in [2.05, 4.69) is 4.98 Å². The van der Waals surface area contributed by atoms with Crippen molar-refractivity contribution < 1.29 is 13.9 Å². The monoisotopic (exact) mass is 318 g/mol. The second-order valence-corrected chi connectivity index (χ2v) is 6.83. The van der Waals surface area contributed by atoms with Crippen molar-refractivity contribution in [1.82, 2.24) is 9.55 Å². The number of hydrogen-bond donors (Lipinski definition) is 1. The molecule has 1 N–H and O–H groups in total. The molecule has 1 atom stereocenters. The third-order valence-corrected chi connectivity index (χ3v) is 5.38. The van der Waals surface area contributed by atoms with Crippen LogP contribution in [0.5, 0.6) is 0 Å². The molecule has 0 radical (unpaired) electrons. The maximum absolute atomic E-state index is 14.9. The molecule has 1 aliphatic heterocycles. The first kappa shape index (κ1) is 14.8. The van der Waals surface area contributed by atoms with Crippen molar-refractivity contribution in [3.8, 4) is 11.3 Å². The quantitative estimate of drug-likeness (QED) is 0.928. The van der Waals surface area contributed by atoms with E-state index in [0.717, 1.165) is 11.3 Å². The first-order valence-electron chi connectivity index (χ1n) is 8.25. The zero-order chi connectivity index (χ0) is 16.0. The fraction of sp³-hybridized carbons (Fsp3) is 0.500. The lowest BCUT2D eigenvalue weighted by molar-refractivity contribution is 0.0253. The molecule has 1 unspecified atom stereocenters. The van der Waals surface area contributed by atoms with Crippen LogP contribution in [0.25, 0.3) is 11.3 Å². The van der Waals surface area contributed by atoms with Gasteiger partial charge in [-0.2, -0.15) is 0 Å². The van der Waals surface area contributed by atoms with E-state index >= 15 is 0 Å². The number of benzene rings is 1. The molecule has 1 aliphatic carbocycles. The minimum absolute atomic E-state index is 0.0577. The van der Waals surface area contributed by atoms with Crippen LogP contribution in [0.15, 0.2) is 30.7 Å². The molecule has 2 aliphatic rings. The van der Waals surface area contributed by atoms with E-state index in [1.54, 1.807) is 18.6 Å². The second kappa shape index (κ2) is 5.41. The summed E-state index contributed by atoms with van der Waals surface area (Å²) in [5.74, 6) is -0.248. The van der Waals surface area contributed by atoms with Gasteiger partial charge in [-0.1, -0.05) is 12.1 Å². The maximum Gasteiger partial charge on any atom is 0.132 e. The van der Waals surface area contributed by atoms with Crippen LogP contribution in [-0.4, -0.2) is 26.4 Å². The highest BCUT2D eigenvalue weighted by atomic mass is 19.1. The second-order valence-electron chi connectivity index (χ2n) is 6.83. The summed E-state index contributed by atoms with van der Waals surface area (Å²) < 4.78 is 31.1. The Morgan fingerprint density at radius 2 is 2.09 bits per heavy atom. The first-order valence-corrected chi connectivity index (χ1v) is 8.25. The van der Waals surface area contributed by atoms with Crippen LogP contribution in [0.2, 0.25) is 0 Å². The molecule has 1 saturated carbocycles. The molecular weight excluding hydrogens is 298 g/mol. The van der Waals surface area contributed by atoms with Gasteiger partial charge in [0.25, 0.3) is 0 Å². The minimum atomic E-state index is -1.21. The van der Waals surface area contributed by atoms with Crippen LogP contribution >= 0.6 is 0 Å². The van der Waals surface area contributed by atoms with Gasteiger partial charge in [-0.05, 0) is 50.2 Å². The number of aliphatic hydroxyl groups excluding tert-OH is 1. The van der Waals surface area contributed by atoms with Gasteiger partial charge in [0.1, 0.15) is 11.5 Å². The number of imidazole rings is 1. The van der Waals surface area contributed by atoms with Gasteiger partial charge in [-0.15, -0.1) is 0 Å². The number of aromatic nitrogens is 2. The highest BCUT2D eigenvalue weighted by Crippen LogP contribution is 2.45. The molecule has 1 aromatic heterocycles.